The predicted octanol–water partition coefficient (Wildman–Crippen LogP) is 1.60. The zero-order valence-electron chi connectivity index (χ0n) is 16.3. The summed E-state index contributed by atoms with van der Waals surface area (Å²) in [5.41, 5.74) is 1.52. The topological polar surface area (TPSA) is 113 Å². The molecular weight excluding hydrogens is 422 g/mol. The van der Waals surface area contributed by atoms with Crippen LogP contribution in [-0.4, -0.2) is 40.5 Å². The first-order valence-electron chi connectivity index (χ1n) is 9.68. The van der Waals surface area contributed by atoms with Crippen LogP contribution in [-0.2, 0) is 27.3 Å². The fourth-order valence-electron chi connectivity index (χ4n) is 3.83. The lowest BCUT2D eigenvalue weighted by molar-refractivity contribution is -0.137. The lowest BCUT2D eigenvalue weighted by Crippen LogP contribution is -2.52. The van der Waals surface area contributed by atoms with E-state index in [2.05, 4.69) is 10.6 Å². The molecule has 0 aliphatic carbocycles. The molecule has 2 aliphatic heterocycles. The van der Waals surface area contributed by atoms with Crippen molar-refractivity contribution in [2.24, 2.45) is 0 Å². The number of nitrogens with zero attached hydrogens (tertiary/aromatic N) is 1. The van der Waals surface area contributed by atoms with Crippen LogP contribution in [0.4, 0.5) is 0 Å². The highest BCUT2D eigenvalue weighted by atomic mass is 35.5. The average molecular weight is 440 g/mol. The van der Waals surface area contributed by atoms with Crippen molar-refractivity contribution in [2.75, 3.05) is 0 Å². The van der Waals surface area contributed by atoms with E-state index < -0.39 is 29.7 Å². The quantitative estimate of drug-likeness (QED) is 0.702. The van der Waals surface area contributed by atoms with Crippen molar-refractivity contribution in [1.82, 2.24) is 15.5 Å². The molecule has 5 amide bonds. The maximum Gasteiger partial charge on any atom is 0.258 e. The standard InChI is InChI=1S/C22H18ClN3O5/c23-14-6-4-12(5-7-14)10-18(28)25-20(29)15-3-1-2-13-11-26(22(31)19(13)15)16-8-9-17(27)24-21(16)30/h1-7,16H,8-11H2,(H,24,27,30)(H,25,28,29). The first-order chi connectivity index (χ1) is 14.8. The number of imide groups is 2. The summed E-state index contributed by atoms with van der Waals surface area (Å²) < 4.78 is 0. The zero-order valence-corrected chi connectivity index (χ0v) is 17.1. The van der Waals surface area contributed by atoms with Crippen molar-refractivity contribution in [3.05, 3.63) is 69.7 Å². The number of amides is 5. The van der Waals surface area contributed by atoms with Crippen molar-refractivity contribution in [3.8, 4) is 0 Å². The van der Waals surface area contributed by atoms with E-state index >= 15 is 0 Å². The minimum absolute atomic E-state index is 0.0196. The van der Waals surface area contributed by atoms with Crippen LogP contribution in [0.5, 0.6) is 0 Å². The highest BCUT2D eigenvalue weighted by molar-refractivity contribution is 6.30. The molecular formula is C22H18ClN3O5. The number of carbonyl (C=O) groups excluding carboxylic acids is 5. The second-order valence-corrected chi connectivity index (χ2v) is 7.86. The van der Waals surface area contributed by atoms with Crippen LogP contribution >= 0.6 is 11.6 Å². The number of fused-ring (bicyclic) bond motifs is 1. The molecule has 1 saturated heterocycles. The first kappa shape index (κ1) is 20.7. The van der Waals surface area contributed by atoms with E-state index in [0.29, 0.717) is 16.1 Å². The van der Waals surface area contributed by atoms with Crippen LogP contribution in [0.15, 0.2) is 42.5 Å². The highest BCUT2D eigenvalue weighted by Gasteiger charge is 2.40. The van der Waals surface area contributed by atoms with Gasteiger partial charge in [0.1, 0.15) is 6.04 Å². The molecule has 1 unspecified atom stereocenters. The van der Waals surface area contributed by atoms with Gasteiger partial charge in [-0.1, -0.05) is 35.9 Å². The van der Waals surface area contributed by atoms with E-state index in [4.69, 9.17) is 11.6 Å². The Morgan fingerprint density at radius 3 is 2.55 bits per heavy atom. The highest BCUT2D eigenvalue weighted by Crippen LogP contribution is 2.29. The molecule has 0 saturated carbocycles. The van der Waals surface area contributed by atoms with Crippen LogP contribution in [0.25, 0.3) is 0 Å². The second kappa shape index (κ2) is 8.31. The van der Waals surface area contributed by atoms with E-state index in [1.54, 1.807) is 36.4 Å². The molecule has 8 nitrogen and oxygen atoms in total. The Morgan fingerprint density at radius 1 is 1.10 bits per heavy atom. The largest absolute Gasteiger partial charge is 0.322 e. The molecule has 31 heavy (non-hydrogen) atoms. The fourth-order valence-corrected chi connectivity index (χ4v) is 3.96. The summed E-state index contributed by atoms with van der Waals surface area (Å²) in [5.74, 6) is -2.57. The third-order valence-electron chi connectivity index (χ3n) is 5.33. The van der Waals surface area contributed by atoms with Crippen molar-refractivity contribution in [2.45, 2.75) is 31.8 Å². The lowest BCUT2D eigenvalue weighted by atomic mass is 10.0. The summed E-state index contributed by atoms with van der Waals surface area (Å²) in [5, 5.41) is 5.09. The molecule has 1 atom stereocenters. The Hall–Kier alpha value is -3.52. The van der Waals surface area contributed by atoms with E-state index in [0.717, 1.165) is 0 Å². The van der Waals surface area contributed by atoms with E-state index in [1.165, 1.54) is 11.0 Å². The molecule has 1 fully saturated rings. The van der Waals surface area contributed by atoms with E-state index in [-0.39, 0.29) is 42.8 Å². The number of carbonyl (C=O) groups is 5. The van der Waals surface area contributed by atoms with Crippen molar-refractivity contribution in [3.63, 3.8) is 0 Å². The van der Waals surface area contributed by atoms with Gasteiger partial charge in [0.05, 0.1) is 17.5 Å². The fraction of sp³-hybridized carbons (Fsp3) is 0.227. The Balaban J connectivity index is 1.50. The number of piperidine rings is 1. The monoisotopic (exact) mass is 439 g/mol. The maximum absolute atomic E-state index is 13.0. The van der Waals surface area contributed by atoms with Crippen LogP contribution in [0.1, 0.15) is 44.7 Å². The van der Waals surface area contributed by atoms with Gasteiger partial charge in [0.2, 0.25) is 17.7 Å². The summed E-state index contributed by atoms with van der Waals surface area (Å²) in [6.07, 6.45) is 0.350. The predicted molar refractivity (Wildman–Crippen MR) is 110 cm³/mol. The number of rotatable bonds is 4. The molecule has 2 aromatic rings. The number of nitrogens with one attached hydrogen (secondary N) is 2. The summed E-state index contributed by atoms with van der Waals surface area (Å²) in [7, 11) is 0. The third-order valence-corrected chi connectivity index (χ3v) is 5.58. The molecule has 0 bridgehead atoms. The summed E-state index contributed by atoms with van der Waals surface area (Å²) in [6.45, 7) is 0.153. The molecule has 2 aromatic carbocycles. The average Bonchev–Trinajstić information content (AvgIpc) is 3.06. The van der Waals surface area contributed by atoms with Crippen LogP contribution < -0.4 is 10.6 Å². The summed E-state index contributed by atoms with van der Waals surface area (Å²) in [6, 6.07) is 10.7. The third kappa shape index (κ3) is 4.20. The lowest BCUT2D eigenvalue weighted by Gasteiger charge is -2.29. The molecule has 2 aliphatic rings. The zero-order chi connectivity index (χ0) is 22.1. The second-order valence-electron chi connectivity index (χ2n) is 7.42. The normalized spacial score (nSPS) is 17.9. The van der Waals surface area contributed by atoms with Crippen molar-refractivity contribution < 1.29 is 24.0 Å². The Morgan fingerprint density at radius 2 is 1.84 bits per heavy atom. The number of halogens is 1. The van der Waals surface area contributed by atoms with Gasteiger partial charge in [0, 0.05) is 18.0 Å². The first-order valence-corrected chi connectivity index (χ1v) is 10.1. The molecule has 2 N–H and O–H groups in total. The smallest absolute Gasteiger partial charge is 0.258 e. The molecule has 4 rings (SSSR count). The van der Waals surface area contributed by atoms with Gasteiger partial charge in [-0.2, -0.15) is 0 Å². The van der Waals surface area contributed by atoms with E-state index in [1.807, 2.05) is 0 Å². The Bertz CT molecular complexity index is 1110. The number of benzene rings is 2. The van der Waals surface area contributed by atoms with Gasteiger partial charge in [-0.3, -0.25) is 34.6 Å². The van der Waals surface area contributed by atoms with E-state index in [9.17, 15) is 24.0 Å². The maximum atomic E-state index is 13.0. The molecule has 158 valence electrons. The van der Waals surface area contributed by atoms with Crippen LogP contribution in [0.3, 0.4) is 0 Å². The minimum atomic E-state index is -0.778. The molecule has 9 heteroatoms. The van der Waals surface area contributed by atoms with Gasteiger partial charge in [-0.05, 0) is 35.7 Å². The van der Waals surface area contributed by atoms with Crippen LogP contribution in [0, 0.1) is 0 Å². The Kier molecular flexibility index (Phi) is 5.56. The number of hydrogen-bond acceptors (Lipinski definition) is 5. The van der Waals surface area contributed by atoms with Crippen molar-refractivity contribution >= 4 is 41.1 Å². The van der Waals surface area contributed by atoms with Gasteiger partial charge in [-0.25, -0.2) is 0 Å². The van der Waals surface area contributed by atoms with Gasteiger partial charge < -0.3 is 4.90 Å². The molecule has 0 aromatic heterocycles. The van der Waals surface area contributed by atoms with Gasteiger partial charge >= 0.3 is 0 Å². The number of hydrogen-bond donors (Lipinski definition) is 2. The SMILES string of the molecule is O=C(Cc1ccc(Cl)cc1)NC(=O)c1cccc2c1C(=O)N(C1CCC(=O)NC1=O)C2. The van der Waals surface area contributed by atoms with Gasteiger partial charge in [-0.15, -0.1) is 0 Å². The molecule has 2 heterocycles. The summed E-state index contributed by atoms with van der Waals surface area (Å²) >= 11 is 5.83. The summed E-state index contributed by atoms with van der Waals surface area (Å²) in [4.78, 5) is 63.0. The van der Waals surface area contributed by atoms with Crippen LogP contribution in [0.2, 0.25) is 5.02 Å². The van der Waals surface area contributed by atoms with Gasteiger partial charge in [0.15, 0.2) is 0 Å². The molecule has 0 radical (unpaired) electrons. The van der Waals surface area contributed by atoms with Gasteiger partial charge in [0.25, 0.3) is 11.8 Å². The van der Waals surface area contributed by atoms with Crippen molar-refractivity contribution in [1.29, 1.82) is 0 Å². The Labute approximate surface area is 182 Å². The molecule has 0 spiro atoms. The minimum Gasteiger partial charge on any atom is -0.322 e.